The highest BCUT2D eigenvalue weighted by Gasteiger charge is 2.39. The maximum Gasteiger partial charge on any atom is 0.316 e. The first-order valence-corrected chi connectivity index (χ1v) is 8.40. The summed E-state index contributed by atoms with van der Waals surface area (Å²) in [4.78, 5) is 17.5. The highest BCUT2D eigenvalue weighted by atomic mass is 32.2. The highest BCUT2D eigenvalue weighted by Crippen LogP contribution is 2.38. The zero-order valence-electron chi connectivity index (χ0n) is 12.7. The minimum absolute atomic E-state index is 0.0602. The van der Waals surface area contributed by atoms with Gasteiger partial charge < -0.3 is 15.5 Å². The quantitative estimate of drug-likeness (QED) is 0.783. The topological polar surface area (TPSA) is 56.7 Å². The molecular weight excluding hydrogens is 272 g/mol. The van der Waals surface area contributed by atoms with Gasteiger partial charge in [0, 0.05) is 31.9 Å². The van der Waals surface area contributed by atoms with E-state index in [9.17, 15) is 4.79 Å². The molecule has 0 radical (unpaired) electrons. The van der Waals surface area contributed by atoms with E-state index in [2.05, 4.69) is 22.5 Å². The Morgan fingerprint density at radius 1 is 1.50 bits per heavy atom. The van der Waals surface area contributed by atoms with Crippen LogP contribution in [-0.4, -0.2) is 54.6 Å². The normalized spacial score (nSPS) is 31.4. The molecule has 0 unspecified atom stereocenters. The molecule has 1 aliphatic heterocycles. The van der Waals surface area contributed by atoms with Gasteiger partial charge in [0.15, 0.2) is 5.17 Å². The summed E-state index contributed by atoms with van der Waals surface area (Å²) in [6.45, 7) is 3.57. The number of thioether (sulfide) groups is 1. The molecule has 0 atom stereocenters. The fourth-order valence-corrected chi connectivity index (χ4v) is 3.90. The van der Waals surface area contributed by atoms with Crippen LogP contribution in [0, 0.1) is 5.92 Å². The molecule has 1 saturated carbocycles. The van der Waals surface area contributed by atoms with Crippen molar-refractivity contribution >= 4 is 23.0 Å². The summed E-state index contributed by atoms with van der Waals surface area (Å²) in [6.07, 6.45) is 5.16. The second-order valence-corrected chi connectivity index (χ2v) is 7.15. The van der Waals surface area contributed by atoms with Crippen molar-refractivity contribution in [2.24, 2.45) is 10.9 Å². The maximum atomic E-state index is 11.4. The molecule has 1 spiro atoms. The van der Waals surface area contributed by atoms with Crippen molar-refractivity contribution in [2.45, 2.75) is 38.1 Å². The van der Waals surface area contributed by atoms with E-state index in [4.69, 9.17) is 0 Å². The molecule has 1 heterocycles. The van der Waals surface area contributed by atoms with Crippen LogP contribution in [-0.2, 0) is 0 Å². The molecule has 6 heteroatoms. The number of hydrogen-bond donors (Lipinski definition) is 2. The van der Waals surface area contributed by atoms with Crippen LogP contribution in [0.25, 0.3) is 0 Å². The molecule has 2 aliphatic rings. The summed E-state index contributed by atoms with van der Waals surface area (Å²) in [5, 5.41) is 7.51. The number of carbonyl (C=O) groups is 1. The first kappa shape index (κ1) is 15.5. The molecule has 2 fully saturated rings. The van der Waals surface area contributed by atoms with Crippen LogP contribution in [0.15, 0.2) is 4.99 Å². The second-order valence-electron chi connectivity index (χ2n) is 6.19. The maximum absolute atomic E-state index is 11.4. The van der Waals surface area contributed by atoms with Crippen molar-refractivity contribution in [3.05, 3.63) is 0 Å². The molecule has 2 N–H and O–H groups in total. The first-order chi connectivity index (χ1) is 9.51. The Morgan fingerprint density at radius 2 is 2.20 bits per heavy atom. The minimum atomic E-state index is -0.0602. The predicted molar refractivity (Wildman–Crippen MR) is 85.3 cm³/mol. The summed E-state index contributed by atoms with van der Waals surface area (Å²) >= 11 is 1.83. The predicted octanol–water partition coefficient (Wildman–Crippen LogP) is 1.90. The first-order valence-electron chi connectivity index (χ1n) is 7.41. The highest BCUT2D eigenvalue weighted by molar-refractivity contribution is 8.14. The van der Waals surface area contributed by atoms with Gasteiger partial charge in [-0.25, -0.2) is 4.79 Å². The van der Waals surface area contributed by atoms with Crippen LogP contribution in [0.2, 0.25) is 0 Å². The number of nitrogens with one attached hydrogen (secondary N) is 2. The van der Waals surface area contributed by atoms with Gasteiger partial charge in [0.1, 0.15) is 0 Å². The minimum Gasteiger partial charge on any atom is -0.359 e. The van der Waals surface area contributed by atoms with Gasteiger partial charge in [-0.05, 0) is 31.6 Å². The number of amides is 2. The number of aliphatic imine (C=N–C) groups is 1. The fourth-order valence-electron chi connectivity index (χ4n) is 2.65. The van der Waals surface area contributed by atoms with E-state index < -0.39 is 0 Å². The van der Waals surface area contributed by atoms with Crippen LogP contribution in [0.5, 0.6) is 0 Å². The van der Waals surface area contributed by atoms with Gasteiger partial charge in [-0.3, -0.25) is 4.99 Å². The van der Waals surface area contributed by atoms with Gasteiger partial charge in [-0.15, -0.1) is 0 Å². The molecule has 0 aromatic heterocycles. The molecule has 0 bridgehead atoms. The number of rotatable bonds is 3. The van der Waals surface area contributed by atoms with Crippen LogP contribution in [0.3, 0.4) is 0 Å². The van der Waals surface area contributed by atoms with Crippen LogP contribution in [0.4, 0.5) is 4.79 Å². The molecule has 1 aliphatic carbocycles. The van der Waals surface area contributed by atoms with Crippen molar-refractivity contribution in [1.29, 1.82) is 0 Å². The lowest BCUT2D eigenvalue weighted by atomic mass is 9.78. The standard InChI is InChI=1S/C14H26N4OS/c1-11-4-6-14(7-5-11)10-20-12(17-14)15-8-9-16-13(19)18(2)3/h11H,4-10H2,1-3H3,(H,15,17)(H,16,19). The van der Waals surface area contributed by atoms with Gasteiger partial charge in [-0.1, -0.05) is 18.7 Å². The van der Waals surface area contributed by atoms with Crippen molar-refractivity contribution in [3.63, 3.8) is 0 Å². The number of carbonyl (C=O) groups excluding carboxylic acids is 1. The van der Waals surface area contributed by atoms with Gasteiger partial charge in [0.25, 0.3) is 0 Å². The average molecular weight is 298 g/mol. The van der Waals surface area contributed by atoms with Crippen molar-refractivity contribution in [3.8, 4) is 0 Å². The van der Waals surface area contributed by atoms with E-state index >= 15 is 0 Å². The lowest BCUT2D eigenvalue weighted by Crippen LogP contribution is -2.46. The lowest BCUT2D eigenvalue weighted by molar-refractivity contribution is 0.218. The Hall–Kier alpha value is -0.910. The smallest absolute Gasteiger partial charge is 0.316 e. The molecule has 0 aromatic rings. The number of urea groups is 1. The van der Waals surface area contributed by atoms with E-state index in [1.807, 2.05) is 11.8 Å². The fraction of sp³-hybridized carbons (Fsp3) is 0.857. The summed E-state index contributed by atoms with van der Waals surface area (Å²) in [7, 11) is 3.48. The molecule has 0 aromatic carbocycles. The summed E-state index contributed by atoms with van der Waals surface area (Å²) < 4.78 is 0. The molecular formula is C14H26N4OS. The monoisotopic (exact) mass is 298 g/mol. The number of hydrogen-bond acceptors (Lipinski definition) is 3. The Kier molecular flexibility index (Phi) is 5.18. The zero-order valence-corrected chi connectivity index (χ0v) is 13.6. The number of nitrogens with zero attached hydrogens (tertiary/aromatic N) is 2. The molecule has 2 amide bonds. The van der Waals surface area contributed by atoms with Crippen molar-refractivity contribution in [2.75, 3.05) is 32.9 Å². The summed E-state index contributed by atoms with van der Waals surface area (Å²) in [6, 6.07) is -0.0602. The Balaban J connectivity index is 1.72. The van der Waals surface area contributed by atoms with Crippen LogP contribution < -0.4 is 10.6 Å². The van der Waals surface area contributed by atoms with Crippen molar-refractivity contribution < 1.29 is 4.79 Å². The summed E-state index contributed by atoms with van der Waals surface area (Å²) in [5.74, 6) is 2.01. The van der Waals surface area contributed by atoms with Crippen LogP contribution in [0.1, 0.15) is 32.6 Å². The van der Waals surface area contributed by atoms with E-state index in [-0.39, 0.29) is 6.03 Å². The third-order valence-corrected chi connectivity index (χ3v) is 5.34. The van der Waals surface area contributed by atoms with E-state index in [1.165, 1.54) is 30.6 Å². The van der Waals surface area contributed by atoms with Gasteiger partial charge >= 0.3 is 6.03 Å². The third kappa shape index (κ3) is 4.04. The molecule has 20 heavy (non-hydrogen) atoms. The molecule has 114 valence electrons. The summed E-state index contributed by atoms with van der Waals surface area (Å²) in [5.41, 5.74) is 0.295. The van der Waals surface area contributed by atoms with Crippen LogP contribution >= 0.6 is 11.8 Å². The number of amidine groups is 1. The van der Waals surface area contributed by atoms with E-state index in [0.29, 0.717) is 18.6 Å². The van der Waals surface area contributed by atoms with Gasteiger partial charge in [-0.2, -0.15) is 0 Å². The molecule has 2 rings (SSSR count). The average Bonchev–Trinajstić information content (AvgIpc) is 2.82. The zero-order chi connectivity index (χ0) is 14.6. The SMILES string of the molecule is CC1CCC2(CC1)CSC(=NCCNC(=O)N(C)C)N2. The molecule has 1 saturated heterocycles. The second kappa shape index (κ2) is 6.70. The van der Waals surface area contributed by atoms with Gasteiger partial charge in [0.2, 0.25) is 0 Å². The Labute approximate surface area is 126 Å². The van der Waals surface area contributed by atoms with E-state index in [1.54, 1.807) is 14.1 Å². The Bertz CT molecular complexity index is 375. The Morgan fingerprint density at radius 3 is 2.85 bits per heavy atom. The van der Waals surface area contributed by atoms with Gasteiger partial charge in [0.05, 0.1) is 6.54 Å². The van der Waals surface area contributed by atoms with Crippen molar-refractivity contribution in [1.82, 2.24) is 15.5 Å². The largest absolute Gasteiger partial charge is 0.359 e. The lowest BCUT2D eigenvalue weighted by Gasteiger charge is -2.35. The third-order valence-electron chi connectivity index (χ3n) is 4.14. The van der Waals surface area contributed by atoms with E-state index in [0.717, 1.165) is 16.8 Å². The molecule has 5 nitrogen and oxygen atoms in total.